The zero-order valence-corrected chi connectivity index (χ0v) is 41.1. The van der Waals surface area contributed by atoms with Gasteiger partial charge in [0, 0.05) is 19.3 Å². The molecule has 0 N–H and O–H groups in total. The molecule has 0 amide bonds. The lowest BCUT2D eigenvalue weighted by atomic mass is 10.0. The fourth-order valence-corrected chi connectivity index (χ4v) is 6.98. The standard InChI is InChI=1S/C57H96O6/c1-4-7-10-13-16-19-22-25-27-28-30-33-35-38-41-44-47-50-56(59)62-53-54(63-57(60)51-48-45-42-39-36-31-24-21-18-15-12-9-6-3)52-61-55(58)49-46-43-40-37-34-32-29-26-23-20-17-14-11-8-5-2/h8,11,16-17,19-20,25-27,29-30,33,38,41,54H,4-7,9-10,12-15,18,21-24,28,31-32,34-37,39-40,42-53H2,1-3H3/t54-/m0/s1. The van der Waals surface area contributed by atoms with Crippen molar-refractivity contribution in [1.82, 2.24) is 0 Å². The van der Waals surface area contributed by atoms with Crippen LogP contribution in [0.2, 0.25) is 0 Å². The molecule has 1 atom stereocenters. The molecular weight excluding hydrogens is 781 g/mol. The van der Waals surface area contributed by atoms with Crippen LogP contribution < -0.4 is 0 Å². The van der Waals surface area contributed by atoms with Crippen molar-refractivity contribution in [3.8, 4) is 0 Å². The van der Waals surface area contributed by atoms with E-state index in [0.717, 1.165) is 103 Å². The highest BCUT2D eigenvalue weighted by molar-refractivity contribution is 5.71. The highest BCUT2D eigenvalue weighted by Crippen LogP contribution is 2.14. The first-order chi connectivity index (χ1) is 31.0. The highest BCUT2D eigenvalue weighted by atomic mass is 16.6. The van der Waals surface area contributed by atoms with Crippen molar-refractivity contribution in [3.05, 3.63) is 85.1 Å². The van der Waals surface area contributed by atoms with Crippen LogP contribution in [-0.4, -0.2) is 37.2 Å². The molecule has 0 fully saturated rings. The molecule has 0 aromatic carbocycles. The summed E-state index contributed by atoms with van der Waals surface area (Å²) in [5, 5.41) is 0. The number of ether oxygens (including phenoxy) is 3. The van der Waals surface area contributed by atoms with Gasteiger partial charge in [0.05, 0.1) is 0 Å². The van der Waals surface area contributed by atoms with Crippen LogP contribution in [0, 0.1) is 0 Å². The van der Waals surface area contributed by atoms with E-state index in [1.54, 1.807) is 0 Å². The predicted octanol–water partition coefficient (Wildman–Crippen LogP) is 17.2. The van der Waals surface area contributed by atoms with Crippen molar-refractivity contribution < 1.29 is 28.6 Å². The molecule has 6 nitrogen and oxygen atoms in total. The van der Waals surface area contributed by atoms with Crippen molar-refractivity contribution in [2.45, 2.75) is 245 Å². The van der Waals surface area contributed by atoms with Gasteiger partial charge in [0.15, 0.2) is 6.10 Å². The molecule has 360 valence electrons. The SMILES string of the molecule is CCC=CCC=CCC=CCCCCCCCC(=O)OC[C@@H](COC(=O)CCCC=CCC=CCC=CCC=CCCCCC)OC(=O)CCCCCCCCCCCCCCC. The van der Waals surface area contributed by atoms with Crippen molar-refractivity contribution in [1.29, 1.82) is 0 Å². The monoisotopic (exact) mass is 877 g/mol. The Kier molecular flexibility index (Phi) is 48.5. The molecule has 63 heavy (non-hydrogen) atoms. The summed E-state index contributed by atoms with van der Waals surface area (Å²) < 4.78 is 16.7. The number of allylic oxidation sites excluding steroid dienone is 14. The highest BCUT2D eigenvalue weighted by Gasteiger charge is 2.19. The van der Waals surface area contributed by atoms with E-state index in [1.807, 2.05) is 0 Å². The molecular formula is C57H96O6. The Morgan fingerprint density at radius 1 is 0.333 bits per heavy atom. The molecule has 0 spiro atoms. The van der Waals surface area contributed by atoms with Crippen LogP contribution in [-0.2, 0) is 28.6 Å². The zero-order chi connectivity index (χ0) is 45.8. The van der Waals surface area contributed by atoms with E-state index < -0.39 is 6.10 Å². The number of hydrogen-bond acceptors (Lipinski definition) is 6. The molecule has 0 unspecified atom stereocenters. The van der Waals surface area contributed by atoms with Crippen molar-refractivity contribution in [2.24, 2.45) is 0 Å². The Morgan fingerprint density at radius 2 is 0.635 bits per heavy atom. The van der Waals surface area contributed by atoms with E-state index in [0.29, 0.717) is 19.3 Å². The molecule has 0 aliphatic rings. The molecule has 0 aliphatic carbocycles. The number of carbonyl (C=O) groups is 3. The Morgan fingerprint density at radius 3 is 1.06 bits per heavy atom. The summed E-state index contributed by atoms with van der Waals surface area (Å²) in [6, 6.07) is 0. The van der Waals surface area contributed by atoms with E-state index in [-0.39, 0.29) is 37.5 Å². The van der Waals surface area contributed by atoms with Crippen LogP contribution >= 0.6 is 0 Å². The Labute approximate surface area is 388 Å². The molecule has 0 heterocycles. The first-order valence-corrected chi connectivity index (χ1v) is 26.1. The molecule has 0 saturated carbocycles. The van der Waals surface area contributed by atoms with Gasteiger partial charge in [-0.3, -0.25) is 14.4 Å². The van der Waals surface area contributed by atoms with E-state index in [2.05, 4.69) is 106 Å². The Hall–Kier alpha value is -3.41. The van der Waals surface area contributed by atoms with Crippen molar-refractivity contribution in [2.75, 3.05) is 13.2 Å². The molecule has 0 saturated heterocycles. The lowest BCUT2D eigenvalue weighted by molar-refractivity contribution is -0.167. The van der Waals surface area contributed by atoms with Crippen LogP contribution in [0.5, 0.6) is 0 Å². The van der Waals surface area contributed by atoms with Crippen LogP contribution in [0.4, 0.5) is 0 Å². The molecule has 0 rings (SSSR count). The number of rotatable bonds is 46. The molecule has 0 bridgehead atoms. The minimum absolute atomic E-state index is 0.102. The van der Waals surface area contributed by atoms with Crippen LogP contribution in [0.15, 0.2) is 85.1 Å². The van der Waals surface area contributed by atoms with Crippen LogP contribution in [0.1, 0.15) is 239 Å². The van der Waals surface area contributed by atoms with E-state index >= 15 is 0 Å². The summed E-state index contributed by atoms with van der Waals surface area (Å²) in [6.45, 7) is 6.43. The maximum atomic E-state index is 12.8. The minimum atomic E-state index is -0.803. The smallest absolute Gasteiger partial charge is 0.306 e. The second-order valence-electron chi connectivity index (χ2n) is 17.1. The van der Waals surface area contributed by atoms with E-state index in [9.17, 15) is 14.4 Å². The van der Waals surface area contributed by atoms with Crippen LogP contribution in [0.3, 0.4) is 0 Å². The minimum Gasteiger partial charge on any atom is -0.462 e. The molecule has 0 radical (unpaired) electrons. The Bertz CT molecular complexity index is 1240. The molecule has 6 heteroatoms. The van der Waals surface area contributed by atoms with Crippen molar-refractivity contribution in [3.63, 3.8) is 0 Å². The summed E-state index contributed by atoms with van der Waals surface area (Å²) >= 11 is 0. The third kappa shape index (κ3) is 49.5. The maximum Gasteiger partial charge on any atom is 0.306 e. The second kappa shape index (κ2) is 51.2. The van der Waals surface area contributed by atoms with Gasteiger partial charge in [-0.05, 0) is 89.9 Å². The fourth-order valence-electron chi connectivity index (χ4n) is 6.98. The zero-order valence-electron chi connectivity index (χ0n) is 41.1. The average molecular weight is 877 g/mol. The predicted molar refractivity (Wildman–Crippen MR) is 270 cm³/mol. The van der Waals surface area contributed by atoms with Gasteiger partial charge in [0.1, 0.15) is 13.2 Å². The van der Waals surface area contributed by atoms with Gasteiger partial charge in [-0.25, -0.2) is 0 Å². The Balaban J connectivity index is 4.49. The largest absolute Gasteiger partial charge is 0.462 e. The second-order valence-corrected chi connectivity index (χ2v) is 17.1. The lowest BCUT2D eigenvalue weighted by Gasteiger charge is -2.18. The lowest BCUT2D eigenvalue weighted by Crippen LogP contribution is -2.30. The van der Waals surface area contributed by atoms with Gasteiger partial charge in [-0.2, -0.15) is 0 Å². The first kappa shape index (κ1) is 59.6. The number of carbonyl (C=O) groups excluding carboxylic acids is 3. The van der Waals surface area contributed by atoms with Gasteiger partial charge in [-0.1, -0.05) is 215 Å². The normalized spacial score (nSPS) is 12.7. The van der Waals surface area contributed by atoms with Crippen LogP contribution in [0.25, 0.3) is 0 Å². The number of unbranched alkanes of at least 4 members (excludes halogenated alkanes) is 21. The van der Waals surface area contributed by atoms with E-state index in [1.165, 1.54) is 89.9 Å². The van der Waals surface area contributed by atoms with Gasteiger partial charge in [0.25, 0.3) is 0 Å². The third-order valence-corrected chi connectivity index (χ3v) is 10.9. The van der Waals surface area contributed by atoms with Crippen molar-refractivity contribution >= 4 is 17.9 Å². The fraction of sp³-hybridized carbons (Fsp3) is 0.702. The average Bonchev–Trinajstić information content (AvgIpc) is 3.28. The summed E-state index contributed by atoms with van der Waals surface area (Å²) in [7, 11) is 0. The van der Waals surface area contributed by atoms with Gasteiger partial charge in [-0.15, -0.1) is 0 Å². The van der Waals surface area contributed by atoms with Gasteiger partial charge < -0.3 is 14.2 Å². The van der Waals surface area contributed by atoms with E-state index in [4.69, 9.17) is 14.2 Å². The summed E-state index contributed by atoms with van der Waals surface area (Å²) in [5.41, 5.74) is 0. The number of esters is 3. The first-order valence-electron chi connectivity index (χ1n) is 26.1. The van der Waals surface area contributed by atoms with Gasteiger partial charge >= 0.3 is 17.9 Å². The molecule has 0 aromatic heterocycles. The summed E-state index contributed by atoms with van der Waals surface area (Å²) in [4.78, 5) is 38.0. The third-order valence-electron chi connectivity index (χ3n) is 10.9. The topological polar surface area (TPSA) is 78.9 Å². The molecule has 0 aromatic rings. The number of hydrogen-bond donors (Lipinski definition) is 0. The quantitative estimate of drug-likeness (QED) is 0.0262. The maximum absolute atomic E-state index is 12.8. The van der Waals surface area contributed by atoms with Gasteiger partial charge in [0.2, 0.25) is 0 Å². The summed E-state index contributed by atoms with van der Waals surface area (Å²) in [5.74, 6) is -0.974. The molecule has 0 aliphatic heterocycles. The summed E-state index contributed by atoms with van der Waals surface area (Å²) in [6.07, 6.45) is 65.7.